The van der Waals surface area contributed by atoms with E-state index in [0.29, 0.717) is 16.3 Å². The third-order valence-electron chi connectivity index (χ3n) is 3.59. The molecule has 1 amide bonds. The average molecular weight is 345 g/mol. The van der Waals surface area contributed by atoms with Gasteiger partial charge in [0.25, 0.3) is 5.91 Å². The quantitative estimate of drug-likeness (QED) is 0.729. The van der Waals surface area contributed by atoms with Gasteiger partial charge in [0, 0.05) is 17.5 Å². The van der Waals surface area contributed by atoms with Gasteiger partial charge in [-0.1, -0.05) is 17.7 Å². The molecule has 0 atom stereocenters. The second kappa shape index (κ2) is 6.84. The van der Waals surface area contributed by atoms with E-state index in [2.05, 4.69) is 10.3 Å². The number of carbonyl (C=O) groups excluding carboxylic acids is 1. The zero-order valence-corrected chi connectivity index (χ0v) is 13.6. The Hall–Kier alpha value is -2.66. The van der Waals surface area contributed by atoms with Crippen molar-refractivity contribution in [3.05, 3.63) is 70.6 Å². The maximum Gasteiger partial charge on any atom is 0.251 e. The van der Waals surface area contributed by atoms with Crippen LogP contribution in [0.2, 0.25) is 5.15 Å². The van der Waals surface area contributed by atoms with Gasteiger partial charge in [0.05, 0.1) is 12.6 Å². The van der Waals surface area contributed by atoms with Gasteiger partial charge >= 0.3 is 0 Å². The van der Waals surface area contributed by atoms with Crippen LogP contribution in [-0.2, 0) is 6.54 Å². The number of methoxy groups -OCH3 is 1. The van der Waals surface area contributed by atoms with Crippen molar-refractivity contribution in [2.45, 2.75) is 6.54 Å². The topological polar surface area (TPSA) is 51.2 Å². The van der Waals surface area contributed by atoms with E-state index in [0.717, 1.165) is 10.9 Å². The van der Waals surface area contributed by atoms with Crippen LogP contribution in [0.5, 0.6) is 5.75 Å². The number of hydrogen-bond acceptors (Lipinski definition) is 3. The van der Waals surface area contributed by atoms with Gasteiger partial charge in [-0.25, -0.2) is 9.37 Å². The lowest BCUT2D eigenvalue weighted by molar-refractivity contribution is 0.0951. The van der Waals surface area contributed by atoms with E-state index in [1.165, 1.54) is 19.2 Å². The van der Waals surface area contributed by atoms with Crippen molar-refractivity contribution in [3.63, 3.8) is 0 Å². The first kappa shape index (κ1) is 16.2. The van der Waals surface area contributed by atoms with Crippen molar-refractivity contribution in [2.24, 2.45) is 0 Å². The van der Waals surface area contributed by atoms with Gasteiger partial charge in [0.1, 0.15) is 5.15 Å². The van der Waals surface area contributed by atoms with Crippen LogP contribution in [-0.4, -0.2) is 18.0 Å². The van der Waals surface area contributed by atoms with Crippen molar-refractivity contribution in [1.29, 1.82) is 0 Å². The van der Waals surface area contributed by atoms with Crippen LogP contribution in [0.4, 0.5) is 4.39 Å². The Kier molecular flexibility index (Phi) is 4.62. The second-order valence-electron chi connectivity index (χ2n) is 5.19. The van der Waals surface area contributed by atoms with Crippen LogP contribution in [0.15, 0.2) is 48.5 Å². The first-order chi connectivity index (χ1) is 11.6. The number of ether oxygens (including phenoxy) is 1. The molecule has 0 bridgehead atoms. The first-order valence-electron chi connectivity index (χ1n) is 7.24. The van der Waals surface area contributed by atoms with E-state index in [1.54, 1.807) is 36.4 Å². The molecule has 4 nitrogen and oxygen atoms in total. The Balaban J connectivity index is 1.73. The van der Waals surface area contributed by atoms with Crippen molar-refractivity contribution in [1.82, 2.24) is 10.3 Å². The van der Waals surface area contributed by atoms with E-state index in [-0.39, 0.29) is 18.2 Å². The van der Waals surface area contributed by atoms with Crippen molar-refractivity contribution >= 4 is 28.4 Å². The predicted octanol–water partition coefficient (Wildman–Crippen LogP) is 3.97. The third-order valence-corrected chi connectivity index (χ3v) is 3.80. The lowest BCUT2D eigenvalue weighted by Crippen LogP contribution is -2.22. The summed E-state index contributed by atoms with van der Waals surface area (Å²) < 4.78 is 18.5. The fourth-order valence-electron chi connectivity index (χ4n) is 2.35. The summed E-state index contributed by atoms with van der Waals surface area (Å²) in [7, 11) is 1.40. The van der Waals surface area contributed by atoms with Crippen LogP contribution in [0.1, 0.15) is 15.9 Å². The number of aromatic nitrogens is 1. The molecule has 1 aromatic heterocycles. The highest BCUT2D eigenvalue weighted by atomic mass is 35.5. The molecule has 0 radical (unpaired) electrons. The fourth-order valence-corrected chi connectivity index (χ4v) is 2.50. The standard InChI is InChI=1S/C18H14ClFN2O2/c1-24-16-6-2-11(8-14(16)20)10-21-18(23)13-3-5-15-12(9-13)4-7-17(19)22-15/h2-9H,10H2,1H3,(H,21,23). The largest absolute Gasteiger partial charge is 0.494 e. The SMILES string of the molecule is COc1ccc(CNC(=O)c2ccc3nc(Cl)ccc3c2)cc1F. The molecular weight excluding hydrogens is 331 g/mol. The van der Waals surface area contributed by atoms with Gasteiger partial charge in [0.2, 0.25) is 0 Å². The molecule has 0 saturated heterocycles. The fraction of sp³-hybridized carbons (Fsp3) is 0.111. The molecule has 0 aliphatic carbocycles. The molecule has 122 valence electrons. The lowest BCUT2D eigenvalue weighted by Gasteiger charge is -2.08. The summed E-state index contributed by atoms with van der Waals surface area (Å²) in [6, 6.07) is 13.2. The van der Waals surface area contributed by atoms with Crippen LogP contribution in [0.3, 0.4) is 0 Å². The molecular formula is C18H14ClFN2O2. The van der Waals surface area contributed by atoms with Gasteiger partial charge in [-0.05, 0) is 48.0 Å². The number of carbonyl (C=O) groups is 1. The van der Waals surface area contributed by atoms with Gasteiger partial charge in [-0.3, -0.25) is 4.79 Å². The number of nitrogens with zero attached hydrogens (tertiary/aromatic N) is 1. The van der Waals surface area contributed by atoms with Crippen LogP contribution >= 0.6 is 11.6 Å². The highest BCUT2D eigenvalue weighted by molar-refractivity contribution is 6.29. The molecule has 6 heteroatoms. The second-order valence-corrected chi connectivity index (χ2v) is 5.58. The zero-order valence-electron chi connectivity index (χ0n) is 12.8. The minimum absolute atomic E-state index is 0.172. The number of halogens is 2. The molecule has 1 N–H and O–H groups in total. The number of benzene rings is 2. The number of rotatable bonds is 4. The Bertz CT molecular complexity index is 915. The Morgan fingerprint density at radius 2 is 2.04 bits per heavy atom. The van der Waals surface area contributed by atoms with E-state index >= 15 is 0 Å². The number of nitrogens with one attached hydrogen (secondary N) is 1. The molecule has 3 aromatic rings. The summed E-state index contributed by atoms with van der Waals surface area (Å²) in [5.41, 5.74) is 1.87. The Morgan fingerprint density at radius 3 is 2.79 bits per heavy atom. The molecule has 0 unspecified atom stereocenters. The van der Waals surface area contributed by atoms with Crippen molar-refractivity contribution in [3.8, 4) is 5.75 Å². The molecule has 2 aromatic carbocycles. The van der Waals surface area contributed by atoms with Crippen LogP contribution in [0, 0.1) is 5.82 Å². The number of hydrogen-bond donors (Lipinski definition) is 1. The highest BCUT2D eigenvalue weighted by Crippen LogP contribution is 2.19. The molecule has 0 aliphatic heterocycles. The monoisotopic (exact) mass is 344 g/mol. The number of amides is 1. The molecule has 0 fully saturated rings. The van der Waals surface area contributed by atoms with E-state index in [1.807, 2.05) is 0 Å². The number of pyridine rings is 1. The summed E-state index contributed by atoms with van der Waals surface area (Å²) in [5, 5.41) is 3.99. The Labute approximate surface area is 143 Å². The van der Waals surface area contributed by atoms with Crippen LogP contribution in [0.25, 0.3) is 10.9 Å². The molecule has 0 aliphatic rings. The summed E-state index contributed by atoms with van der Waals surface area (Å²) in [6.07, 6.45) is 0. The van der Waals surface area contributed by atoms with Crippen LogP contribution < -0.4 is 10.1 Å². The van der Waals surface area contributed by atoms with Gasteiger partial charge in [0.15, 0.2) is 11.6 Å². The van der Waals surface area contributed by atoms with Crippen molar-refractivity contribution in [2.75, 3.05) is 7.11 Å². The third kappa shape index (κ3) is 3.46. The molecule has 0 spiro atoms. The predicted molar refractivity (Wildman–Crippen MR) is 90.9 cm³/mol. The van der Waals surface area contributed by atoms with E-state index in [4.69, 9.17) is 16.3 Å². The normalized spacial score (nSPS) is 10.6. The van der Waals surface area contributed by atoms with Gasteiger partial charge < -0.3 is 10.1 Å². The summed E-state index contributed by atoms with van der Waals surface area (Å²) >= 11 is 5.84. The molecule has 3 rings (SSSR count). The highest BCUT2D eigenvalue weighted by Gasteiger charge is 2.08. The first-order valence-corrected chi connectivity index (χ1v) is 7.61. The lowest BCUT2D eigenvalue weighted by atomic mass is 10.1. The average Bonchev–Trinajstić information content (AvgIpc) is 2.59. The zero-order chi connectivity index (χ0) is 17.1. The minimum atomic E-state index is -0.460. The van der Waals surface area contributed by atoms with Gasteiger partial charge in [-0.2, -0.15) is 0 Å². The smallest absolute Gasteiger partial charge is 0.251 e. The summed E-state index contributed by atoms with van der Waals surface area (Å²) in [4.78, 5) is 16.4. The van der Waals surface area contributed by atoms with Gasteiger partial charge in [-0.15, -0.1) is 0 Å². The molecule has 1 heterocycles. The van der Waals surface area contributed by atoms with E-state index in [9.17, 15) is 9.18 Å². The minimum Gasteiger partial charge on any atom is -0.494 e. The van der Waals surface area contributed by atoms with Crippen molar-refractivity contribution < 1.29 is 13.9 Å². The molecule has 24 heavy (non-hydrogen) atoms. The Morgan fingerprint density at radius 1 is 1.21 bits per heavy atom. The maximum absolute atomic E-state index is 13.6. The van der Waals surface area contributed by atoms with E-state index < -0.39 is 5.82 Å². The number of fused-ring (bicyclic) bond motifs is 1. The maximum atomic E-state index is 13.6. The summed E-state index contributed by atoms with van der Waals surface area (Å²) in [6.45, 7) is 0.219. The molecule has 0 saturated carbocycles. The summed E-state index contributed by atoms with van der Waals surface area (Å²) in [5.74, 6) is -0.535.